The van der Waals surface area contributed by atoms with Gasteiger partial charge in [-0.25, -0.2) is 14.6 Å². The van der Waals surface area contributed by atoms with Crippen molar-refractivity contribution in [2.24, 2.45) is 0 Å². The minimum Gasteiger partial charge on any atom is -0.493 e. The van der Waals surface area contributed by atoms with Crippen molar-refractivity contribution in [2.45, 2.75) is 6.92 Å². The molecule has 0 aliphatic carbocycles. The van der Waals surface area contributed by atoms with Gasteiger partial charge in [0, 0.05) is 5.56 Å². The Balaban J connectivity index is 1.84. The number of imidazole rings is 1. The number of para-hydroxylation sites is 3. The first kappa shape index (κ1) is 22.5. The van der Waals surface area contributed by atoms with Crippen molar-refractivity contribution in [1.82, 2.24) is 24.1 Å². The maximum absolute atomic E-state index is 13.5. The van der Waals surface area contributed by atoms with Crippen LogP contribution in [-0.2, 0) is 0 Å². The average Bonchev–Trinajstić information content (AvgIpc) is 3.33. The number of hydrogen-bond acceptors (Lipinski definition) is 7. The second kappa shape index (κ2) is 8.63. The van der Waals surface area contributed by atoms with E-state index in [1.807, 2.05) is 71.1 Å². The molecule has 0 N–H and O–H groups in total. The monoisotopic (exact) mass is 493 g/mol. The highest BCUT2D eigenvalue weighted by atomic mass is 16.5. The molecule has 6 rings (SSSR count). The summed E-state index contributed by atoms with van der Waals surface area (Å²) >= 11 is 0. The Morgan fingerprint density at radius 2 is 1.46 bits per heavy atom. The number of benzene rings is 3. The maximum Gasteiger partial charge on any atom is 0.216 e. The zero-order chi connectivity index (χ0) is 25.7. The zero-order valence-corrected chi connectivity index (χ0v) is 20.7. The van der Waals surface area contributed by atoms with Gasteiger partial charge in [0.05, 0.1) is 38.1 Å². The van der Waals surface area contributed by atoms with E-state index < -0.39 is 0 Å². The van der Waals surface area contributed by atoms with Gasteiger partial charge in [-0.3, -0.25) is 9.20 Å². The fourth-order valence-electron chi connectivity index (χ4n) is 4.65. The zero-order valence-electron chi connectivity index (χ0n) is 20.7. The molecule has 0 spiro atoms. The fraction of sp³-hybridized carbons (Fsp3) is 0.143. The second-order valence-electron chi connectivity index (χ2n) is 8.47. The van der Waals surface area contributed by atoms with Crippen LogP contribution in [0.4, 0.5) is 0 Å². The lowest BCUT2D eigenvalue weighted by molar-refractivity contribution is 0.324. The molecule has 3 aromatic carbocycles. The average molecular weight is 494 g/mol. The van der Waals surface area contributed by atoms with E-state index in [0.717, 1.165) is 16.7 Å². The van der Waals surface area contributed by atoms with Crippen molar-refractivity contribution in [1.29, 1.82) is 0 Å². The number of nitrogens with zero attached hydrogens (tertiary/aromatic N) is 5. The van der Waals surface area contributed by atoms with Crippen LogP contribution in [0.15, 0.2) is 71.5 Å². The fourth-order valence-corrected chi connectivity index (χ4v) is 4.65. The first-order valence-electron chi connectivity index (χ1n) is 11.6. The standard InChI is InChI=1S/C28H23N5O4/c1-16-24(34)23-27-29-19-12-8-9-13-20(19)32(27)26(17-14-21(35-2)25(37-4)22(15-17)36-3)30-28(23)33(31-16)18-10-6-5-7-11-18/h5-15H,1-4H3. The Bertz CT molecular complexity index is 1850. The van der Waals surface area contributed by atoms with E-state index in [1.165, 1.54) is 0 Å². The van der Waals surface area contributed by atoms with Crippen molar-refractivity contribution >= 4 is 27.7 Å². The summed E-state index contributed by atoms with van der Waals surface area (Å²) in [5.74, 6) is 1.99. The van der Waals surface area contributed by atoms with Crippen LogP contribution in [0.5, 0.6) is 17.2 Å². The lowest BCUT2D eigenvalue weighted by atomic mass is 10.1. The summed E-state index contributed by atoms with van der Waals surface area (Å²) in [7, 11) is 4.69. The van der Waals surface area contributed by atoms with E-state index in [1.54, 1.807) is 32.9 Å². The van der Waals surface area contributed by atoms with Gasteiger partial charge in [-0.2, -0.15) is 5.10 Å². The highest BCUT2D eigenvalue weighted by molar-refractivity contribution is 5.97. The molecular formula is C28H23N5O4. The lowest BCUT2D eigenvalue weighted by Crippen LogP contribution is -2.19. The van der Waals surface area contributed by atoms with Crippen LogP contribution >= 0.6 is 0 Å². The highest BCUT2D eigenvalue weighted by Crippen LogP contribution is 2.41. The Kier molecular flexibility index (Phi) is 5.26. The molecule has 0 fully saturated rings. The SMILES string of the molecule is COc1cc(-c2nc3c(c(=O)c(C)nn3-c3ccccc3)c3nc4ccccc4n23)cc(OC)c1OC. The van der Waals surface area contributed by atoms with Crippen LogP contribution in [0, 0.1) is 6.92 Å². The van der Waals surface area contributed by atoms with Gasteiger partial charge in [0.2, 0.25) is 11.2 Å². The molecule has 184 valence electrons. The molecule has 37 heavy (non-hydrogen) atoms. The van der Waals surface area contributed by atoms with Crippen LogP contribution in [0.25, 0.3) is 44.8 Å². The van der Waals surface area contributed by atoms with Crippen LogP contribution in [0.1, 0.15) is 5.69 Å². The number of aromatic nitrogens is 5. The third-order valence-corrected chi connectivity index (χ3v) is 6.36. The third-order valence-electron chi connectivity index (χ3n) is 6.36. The molecule has 9 heteroatoms. The number of ether oxygens (including phenoxy) is 3. The first-order chi connectivity index (χ1) is 18.0. The van der Waals surface area contributed by atoms with Crippen LogP contribution in [0.2, 0.25) is 0 Å². The van der Waals surface area contributed by atoms with E-state index in [2.05, 4.69) is 5.10 Å². The molecular weight excluding hydrogens is 470 g/mol. The van der Waals surface area contributed by atoms with Crippen molar-refractivity contribution in [3.63, 3.8) is 0 Å². The highest BCUT2D eigenvalue weighted by Gasteiger charge is 2.23. The molecule has 0 aliphatic heterocycles. The third kappa shape index (κ3) is 3.39. The summed E-state index contributed by atoms with van der Waals surface area (Å²) in [4.78, 5) is 23.4. The van der Waals surface area contributed by atoms with Crippen LogP contribution in [0.3, 0.4) is 0 Å². The van der Waals surface area contributed by atoms with Gasteiger partial charge in [-0.1, -0.05) is 30.3 Å². The predicted octanol–water partition coefficient (Wildman–Crippen LogP) is 4.58. The van der Waals surface area contributed by atoms with E-state index >= 15 is 0 Å². The summed E-state index contributed by atoms with van der Waals surface area (Å²) in [5, 5.41) is 4.99. The Labute approximate surface area is 211 Å². The molecule has 6 aromatic rings. The molecule has 9 nitrogen and oxygen atoms in total. The summed E-state index contributed by atoms with van der Waals surface area (Å²) in [6.07, 6.45) is 0. The van der Waals surface area contributed by atoms with Crippen molar-refractivity contribution in [2.75, 3.05) is 21.3 Å². The molecule has 0 radical (unpaired) electrons. The molecule has 0 saturated heterocycles. The quantitative estimate of drug-likeness (QED) is 0.347. The molecule has 0 amide bonds. The van der Waals surface area contributed by atoms with Crippen LogP contribution in [-0.4, -0.2) is 45.5 Å². The van der Waals surface area contributed by atoms with Gasteiger partial charge in [-0.05, 0) is 43.3 Å². The molecule has 3 aromatic heterocycles. The summed E-state index contributed by atoms with van der Waals surface area (Å²) in [6.45, 7) is 1.70. The van der Waals surface area contributed by atoms with Gasteiger partial charge in [0.1, 0.15) is 16.9 Å². The largest absolute Gasteiger partial charge is 0.493 e. The number of rotatable bonds is 5. The van der Waals surface area contributed by atoms with Crippen LogP contribution < -0.4 is 19.6 Å². The molecule has 0 bridgehead atoms. The van der Waals surface area contributed by atoms with E-state index in [9.17, 15) is 4.79 Å². The van der Waals surface area contributed by atoms with Gasteiger partial charge in [-0.15, -0.1) is 0 Å². The van der Waals surface area contributed by atoms with Crippen molar-refractivity contribution < 1.29 is 14.2 Å². The molecule has 0 aliphatic rings. The Morgan fingerprint density at radius 1 is 0.784 bits per heavy atom. The summed E-state index contributed by atoms with van der Waals surface area (Å²) in [5.41, 5.74) is 4.06. The first-order valence-corrected chi connectivity index (χ1v) is 11.6. The Morgan fingerprint density at radius 3 is 2.14 bits per heavy atom. The molecule has 0 atom stereocenters. The maximum atomic E-state index is 13.5. The predicted molar refractivity (Wildman–Crippen MR) is 141 cm³/mol. The van der Waals surface area contributed by atoms with Crippen molar-refractivity contribution in [3.8, 4) is 34.3 Å². The smallest absolute Gasteiger partial charge is 0.216 e. The molecule has 0 unspecified atom stereocenters. The Hall–Kier alpha value is -4.92. The van der Waals surface area contributed by atoms with Gasteiger partial charge in [0.15, 0.2) is 22.8 Å². The topological polar surface area (TPSA) is 92.8 Å². The summed E-state index contributed by atoms with van der Waals surface area (Å²) < 4.78 is 20.3. The van der Waals surface area contributed by atoms with E-state index in [0.29, 0.717) is 51.0 Å². The number of aryl methyl sites for hydroxylation is 1. The number of methoxy groups -OCH3 is 3. The normalized spacial score (nSPS) is 11.4. The van der Waals surface area contributed by atoms with Gasteiger partial charge >= 0.3 is 0 Å². The lowest BCUT2D eigenvalue weighted by Gasteiger charge is -2.16. The van der Waals surface area contributed by atoms with Gasteiger partial charge < -0.3 is 14.2 Å². The molecule has 0 saturated carbocycles. The second-order valence-corrected chi connectivity index (χ2v) is 8.47. The number of fused-ring (bicyclic) bond motifs is 5. The van der Waals surface area contributed by atoms with Gasteiger partial charge in [0.25, 0.3) is 0 Å². The molecule has 3 heterocycles. The minimum atomic E-state index is -0.216. The number of hydrogen-bond donors (Lipinski definition) is 0. The van der Waals surface area contributed by atoms with Crippen molar-refractivity contribution in [3.05, 3.63) is 82.6 Å². The van der Waals surface area contributed by atoms with E-state index in [-0.39, 0.29) is 5.43 Å². The summed E-state index contributed by atoms with van der Waals surface area (Å²) in [6, 6.07) is 21.0. The van der Waals surface area contributed by atoms with E-state index in [4.69, 9.17) is 24.2 Å². The minimum absolute atomic E-state index is 0.216.